The fourth-order valence-corrected chi connectivity index (χ4v) is 3.93. The van der Waals surface area contributed by atoms with Gasteiger partial charge in [-0.25, -0.2) is 4.79 Å². The summed E-state index contributed by atoms with van der Waals surface area (Å²) >= 11 is 6.06. The van der Waals surface area contributed by atoms with Gasteiger partial charge in [-0.2, -0.15) is 0 Å². The molecule has 1 fully saturated rings. The topological polar surface area (TPSA) is 85.0 Å². The van der Waals surface area contributed by atoms with E-state index in [1.54, 1.807) is 0 Å². The lowest BCUT2D eigenvalue weighted by Gasteiger charge is -2.35. The molecular formula is C19H27ClN2O4. The number of nitrogens with zero attached hydrogens (tertiary/aromatic N) is 1. The van der Waals surface area contributed by atoms with E-state index in [9.17, 15) is 9.90 Å². The van der Waals surface area contributed by atoms with Gasteiger partial charge in [0.05, 0.1) is 10.7 Å². The van der Waals surface area contributed by atoms with Crippen molar-refractivity contribution in [1.29, 1.82) is 0 Å². The summed E-state index contributed by atoms with van der Waals surface area (Å²) in [5.74, 6) is -0.0661. The van der Waals surface area contributed by atoms with Crippen LogP contribution in [0.25, 0.3) is 0 Å². The van der Waals surface area contributed by atoms with E-state index >= 15 is 0 Å². The summed E-state index contributed by atoms with van der Waals surface area (Å²) in [4.78, 5) is 13.9. The molecule has 1 aromatic carbocycles. The first-order chi connectivity index (χ1) is 12.5. The molecule has 26 heavy (non-hydrogen) atoms. The van der Waals surface area contributed by atoms with Crippen molar-refractivity contribution >= 4 is 23.3 Å². The lowest BCUT2D eigenvalue weighted by Crippen LogP contribution is -2.38. The molecule has 3 rings (SSSR count). The number of unbranched alkanes of at least 4 members (excludes halogenated alkanes) is 1. The Morgan fingerprint density at radius 1 is 1.38 bits per heavy atom. The molecule has 1 saturated heterocycles. The van der Waals surface area contributed by atoms with Gasteiger partial charge in [-0.15, -0.1) is 0 Å². The number of fused-ring (bicyclic) bond motifs is 1. The van der Waals surface area contributed by atoms with E-state index in [2.05, 4.69) is 11.8 Å². The predicted molar refractivity (Wildman–Crippen MR) is 101 cm³/mol. The Hall–Kier alpha value is -1.66. The van der Waals surface area contributed by atoms with Gasteiger partial charge < -0.3 is 25.2 Å². The summed E-state index contributed by atoms with van der Waals surface area (Å²) in [6.07, 6.45) is 5.55. The molecule has 0 aromatic heterocycles. The SMILES string of the molecule is CCCCN1CCC(CC2COc3c(C(=O)O)cc(Cl)c(N)c3O2)CC1. The van der Waals surface area contributed by atoms with Crippen molar-refractivity contribution < 1.29 is 19.4 Å². The van der Waals surface area contributed by atoms with Crippen molar-refractivity contribution in [1.82, 2.24) is 4.90 Å². The van der Waals surface area contributed by atoms with Crippen LogP contribution in [0.1, 0.15) is 49.4 Å². The summed E-state index contributed by atoms with van der Waals surface area (Å²) in [5.41, 5.74) is 6.23. The second-order valence-corrected chi connectivity index (χ2v) is 7.62. The second kappa shape index (κ2) is 8.35. The Bertz CT molecular complexity index is 659. The molecule has 0 aliphatic carbocycles. The van der Waals surface area contributed by atoms with Crippen molar-refractivity contribution in [2.75, 3.05) is 32.0 Å². The lowest BCUT2D eigenvalue weighted by atomic mass is 9.91. The van der Waals surface area contributed by atoms with Gasteiger partial charge in [-0.3, -0.25) is 0 Å². The highest BCUT2D eigenvalue weighted by molar-refractivity contribution is 6.34. The number of benzene rings is 1. The highest BCUT2D eigenvalue weighted by atomic mass is 35.5. The van der Waals surface area contributed by atoms with Crippen molar-refractivity contribution in [2.24, 2.45) is 5.92 Å². The van der Waals surface area contributed by atoms with E-state index in [1.807, 2.05) is 0 Å². The maximum absolute atomic E-state index is 11.4. The van der Waals surface area contributed by atoms with E-state index in [1.165, 1.54) is 25.5 Å². The number of piperidine rings is 1. The molecule has 0 amide bonds. The van der Waals surface area contributed by atoms with Gasteiger partial charge in [0, 0.05) is 0 Å². The maximum atomic E-state index is 11.4. The largest absolute Gasteiger partial charge is 0.485 e. The van der Waals surface area contributed by atoms with Crippen LogP contribution < -0.4 is 15.2 Å². The maximum Gasteiger partial charge on any atom is 0.339 e. The zero-order valence-corrected chi connectivity index (χ0v) is 15.9. The van der Waals surface area contributed by atoms with Crippen LogP contribution in [0.3, 0.4) is 0 Å². The molecular weight excluding hydrogens is 356 g/mol. The third-order valence-corrected chi connectivity index (χ3v) is 5.60. The number of carbonyl (C=O) groups is 1. The summed E-state index contributed by atoms with van der Waals surface area (Å²) in [6.45, 7) is 6.01. The van der Waals surface area contributed by atoms with E-state index < -0.39 is 5.97 Å². The molecule has 1 atom stereocenters. The summed E-state index contributed by atoms with van der Waals surface area (Å²) in [5, 5.41) is 9.51. The van der Waals surface area contributed by atoms with Gasteiger partial charge in [0.1, 0.15) is 18.3 Å². The third kappa shape index (κ3) is 4.18. The first kappa shape index (κ1) is 19.1. The number of anilines is 1. The first-order valence-electron chi connectivity index (χ1n) is 9.36. The minimum atomic E-state index is -1.11. The number of hydrogen-bond donors (Lipinski definition) is 2. The second-order valence-electron chi connectivity index (χ2n) is 7.21. The van der Waals surface area contributed by atoms with Crippen molar-refractivity contribution in [2.45, 2.75) is 45.1 Å². The Morgan fingerprint density at radius 2 is 2.12 bits per heavy atom. The van der Waals surface area contributed by atoms with Crippen molar-refractivity contribution in [3.63, 3.8) is 0 Å². The predicted octanol–water partition coefficient (Wildman–Crippen LogP) is 3.66. The minimum Gasteiger partial charge on any atom is -0.485 e. The molecule has 6 nitrogen and oxygen atoms in total. The number of likely N-dealkylation sites (tertiary alicyclic amines) is 1. The van der Waals surface area contributed by atoms with Crippen LogP contribution >= 0.6 is 11.6 Å². The molecule has 7 heteroatoms. The Labute approximate surface area is 159 Å². The fourth-order valence-electron chi connectivity index (χ4n) is 3.73. The number of carboxylic acid groups (broad SMARTS) is 1. The van der Waals surface area contributed by atoms with Crippen LogP contribution in [0.15, 0.2) is 6.07 Å². The average molecular weight is 383 g/mol. The van der Waals surface area contributed by atoms with Gasteiger partial charge >= 0.3 is 5.97 Å². The van der Waals surface area contributed by atoms with E-state index in [-0.39, 0.29) is 33.9 Å². The van der Waals surface area contributed by atoms with Crippen LogP contribution in [0.4, 0.5) is 5.69 Å². The molecule has 0 spiro atoms. The number of rotatable bonds is 6. The van der Waals surface area contributed by atoms with Gasteiger partial charge in [-0.1, -0.05) is 24.9 Å². The van der Waals surface area contributed by atoms with Crippen molar-refractivity contribution in [3.05, 3.63) is 16.7 Å². The number of hydrogen-bond acceptors (Lipinski definition) is 5. The zero-order chi connectivity index (χ0) is 18.7. The van der Waals surface area contributed by atoms with Crippen LogP contribution in [0, 0.1) is 5.92 Å². The summed E-state index contributed by atoms with van der Waals surface area (Å²) in [7, 11) is 0. The normalized spacial score (nSPS) is 20.9. The number of nitrogen functional groups attached to an aromatic ring is 1. The molecule has 2 aliphatic rings. The lowest BCUT2D eigenvalue weighted by molar-refractivity contribution is 0.0551. The van der Waals surface area contributed by atoms with E-state index in [0.717, 1.165) is 32.4 Å². The molecule has 0 bridgehead atoms. The van der Waals surface area contributed by atoms with Gasteiger partial charge in [0.15, 0.2) is 11.5 Å². The molecule has 1 aromatic rings. The highest BCUT2D eigenvalue weighted by Crippen LogP contribution is 2.45. The molecule has 0 saturated carbocycles. The zero-order valence-electron chi connectivity index (χ0n) is 15.2. The monoisotopic (exact) mass is 382 g/mol. The smallest absolute Gasteiger partial charge is 0.339 e. The van der Waals surface area contributed by atoms with E-state index in [0.29, 0.717) is 12.5 Å². The van der Waals surface area contributed by atoms with Crippen molar-refractivity contribution in [3.8, 4) is 11.5 Å². The molecule has 2 aliphatic heterocycles. The molecule has 0 radical (unpaired) electrons. The fraction of sp³-hybridized carbons (Fsp3) is 0.632. The standard InChI is InChI=1S/C19H27ClN2O4/c1-2-3-6-22-7-4-12(5-8-22)9-13-11-25-17-14(19(23)24)10-15(20)16(21)18(17)26-13/h10,12-13H,2-9,11,21H2,1H3,(H,23,24). The number of halogens is 1. The molecule has 2 heterocycles. The third-order valence-electron chi connectivity index (χ3n) is 5.28. The number of nitrogens with two attached hydrogens (primary N) is 1. The summed E-state index contributed by atoms with van der Waals surface area (Å²) in [6, 6.07) is 1.31. The van der Waals surface area contributed by atoms with Gasteiger partial charge in [-0.05, 0) is 57.3 Å². The quantitative estimate of drug-likeness (QED) is 0.730. The van der Waals surface area contributed by atoms with Gasteiger partial charge in [0.25, 0.3) is 0 Å². The Kier molecular flexibility index (Phi) is 6.14. The Morgan fingerprint density at radius 3 is 2.77 bits per heavy atom. The molecule has 3 N–H and O–H groups in total. The van der Waals surface area contributed by atoms with Crippen LogP contribution in [0.2, 0.25) is 5.02 Å². The van der Waals surface area contributed by atoms with Crippen LogP contribution in [0.5, 0.6) is 11.5 Å². The summed E-state index contributed by atoms with van der Waals surface area (Å²) < 4.78 is 11.7. The molecule has 144 valence electrons. The highest BCUT2D eigenvalue weighted by Gasteiger charge is 2.31. The number of ether oxygens (including phenoxy) is 2. The van der Waals surface area contributed by atoms with Crippen LogP contribution in [-0.4, -0.2) is 48.3 Å². The Balaban J connectivity index is 1.62. The minimum absolute atomic E-state index is 0.0121. The van der Waals surface area contributed by atoms with E-state index in [4.69, 9.17) is 26.8 Å². The number of aromatic carboxylic acids is 1. The molecule has 1 unspecified atom stereocenters. The average Bonchev–Trinajstić information content (AvgIpc) is 2.64. The first-order valence-corrected chi connectivity index (χ1v) is 9.74. The van der Waals surface area contributed by atoms with Gasteiger partial charge in [0.2, 0.25) is 0 Å². The number of carboxylic acids is 1. The van der Waals surface area contributed by atoms with Crippen LogP contribution in [-0.2, 0) is 0 Å².